The Bertz CT molecular complexity index is 957. The Balaban J connectivity index is 1.78. The minimum Gasteiger partial charge on any atom is -0.325 e. The number of anilines is 2. The fourth-order valence-electron chi connectivity index (χ4n) is 3.38. The number of fused-ring (bicyclic) bond motifs is 2. The molecule has 7 heteroatoms. The van der Waals surface area contributed by atoms with E-state index in [9.17, 15) is 13.2 Å². The summed E-state index contributed by atoms with van der Waals surface area (Å²) in [5, 5.41) is 2.81. The molecule has 130 valence electrons. The van der Waals surface area contributed by atoms with Gasteiger partial charge in [-0.3, -0.25) is 9.10 Å². The monoisotopic (exact) mass is 374 g/mol. The van der Waals surface area contributed by atoms with Crippen molar-refractivity contribution in [3.8, 4) is 0 Å². The van der Waals surface area contributed by atoms with Crippen molar-refractivity contribution in [2.24, 2.45) is 0 Å². The highest BCUT2D eigenvalue weighted by Gasteiger charge is 2.36. The van der Waals surface area contributed by atoms with Crippen molar-refractivity contribution in [3.63, 3.8) is 0 Å². The smallest absolute Gasteiger partial charge is 0.264 e. The Morgan fingerprint density at radius 1 is 1.20 bits per heavy atom. The number of carbonyl (C=O) groups is 1. The lowest BCUT2D eigenvalue weighted by atomic mass is 10.1. The molecule has 0 spiro atoms. The van der Waals surface area contributed by atoms with Crippen LogP contribution in [0.5, 0.6) is 0 Å². The molecule has 5 nitrogen and oxygen atoms in total. The summed E-state index contributed by atoms with van der Waals surface area (Å²) in [5.41, 5.74) is 2.36. The van der Waals surface area contributed by atoms with E-state index in [1.54, 1.807) is 30.0 Å². The number of benzene rings is 2. The van der Waals surface area contributed by atoms with Gasteiger partial charge in [0.25, 0.3) is 10.0 Å². The number of amides is 1. The van der Waals surface area contributed by atoms with Gasteiger partial charge in [0.15, 0.2) is 0 Å². The molecule has 2 aromatic carbocycles. The second kappa shape index (κ2) is 6.07. The molecule has 1 N–H and O–H groups in total. The molecule has 0 saturated heterocycles. The van der Waals surface area contributed by atoms with Crippen LogP contribution in [0.25, 0.3) is 0 Å². The van der Waals surface area contributed by atoms with Crippen molar-refractivity contribution in [2.45, 2.75) is 35.6 Å². The first kappa shape index (κ1) is 16.5. The van der Waals surface area contributed by atoms with Crippen LogP contribution in [0.1, 0.15) is 18.9 Å². The van der Waals surface area contributed by atoms with Gasteiger partial charge in [-0.15, -0.1) is 11.8 Å². The molecule has 2 aliphatic heterocycles. The van der Waals surface area contributed by atoms with Crippen LogP contribution in [0.2, 0.25) is 0 Å². The average molecular weight is 374 g/mol. The number of hydrogen-bond acceptors (Lipinski definition) is 4. The van der Waals surface area contributed by atoms with E-state index in [1.807, 2.05) is 31.2 Å². The van der Waals surface area contributed by atoms with Crippen molar-refractivity contribution in [3.05, 3.63) is 48.0 Å². The highest BCUT2D eigenvalue weighted by molar-refractivity contribution is 7.99. The van der Waals surface area contributed by atoms with Gasteiger partial charge in [-0.05, 0) is 43.2 Å². The van der Waals surface area contributed by atoms with Gasteiger partial charge in [0.1, 0.15) is 0 Å². The quantitative estimate of drug-likeness (QED) is 0.876. The summed E-state index contributed by atoms with van der Waals surface area (Å²) in [7, 11) is -3.69. The lowest BCUT2D eigenvalue weighted by molar-refractivity contribution is -0.115. The zero-order valence-corrected chi connectivity index (χ0v) is 15.4. The van der Waals surface area contributed by atoms with Crippen molar-refractivity contribution in [1.82, 2.24) is 0 Å². The fraction of sp³-hybridized carbons (Fsp3) is 0.278. The molecular formula is C18H18N2O3S2. The summed E-state index contributed by atoms with van der Waals surface area (Å²) < 4.78 is 28.0. The van der Waals surface area contributed by atoms with E-state index in [-0.39, 0.29) is 16.8 Å². The Morgan fingerprint density at radius 2 is 2.00 bits per heavy atom. The summed E-state index contributed by atoms with van der Waals surface area (Å²) in [5.74, 6) is 0.613. The van der Waals surface area contributed by atoms with Crippen LogP contribution in [0.3, 0.4) is 0 Å². The molecule has 1 atom stereocenters. The number of hydrogen-bond donors (Lipinski definition) is 1. The Kier molecular flexibility index (Phi) is 4.00. The van der Waals surface area contributed by atoms with Gasteiger partial charge in [0.05, 0.1) is 16.3 Å². The number of thioether (sulfide) groups is 1. The molecule has 0 radical (unpaired) electrons. The van der Waals surface area contributed by atoms with Crippen LogP contribution in [0.15, 0.2) is 52.3 Å². The topological polar surface area (TPSA) is 66.5 Å². The number of sulfonamides is 1. The second-order valence-electron chi connectivity index (χ2n) is 6.29. The predicted molar refractivity (Wildman–Crippen MR) is 99.7 cm³/mol. The zero-order chi connectivity index (χ0) is 17.6. The lowest BCUT2D eigenvalue weighted by Crippen LogP contribution is -2.35. The highest BCUT2D eigenvalue weighted by Crippen LogP contribution is 2.38. The van der Waals surface area contributed by atoms with Crippen molar-refractivity contribution < 1.29 is 13.2 Å². The van der Waals surface area contributed by atoms with E-state index in [4.69, 9.17) is 0 Å². The van der Waals surface area contributed by atoms with E-state index >= 15 is 0 Å². The van der Waals surface area contributed by atoms with Gasteiger partial charge in [-0.25, -0.2) is 8.42 Å². The third kappa shape index (κ3) is 2.81. The normalized spacial score (nSPS) is 19.8. The van der Waals surface area contributed by atoms with Crippen LogP contribution in [0.4, 0.5) is 11.4 Å². The highest BCUT2D eigenvalue weighted by atomic mass is 32.2. The number of nitrogens with zero attached hydrogens (tertiary/aromatic N) is 1. The summed E-state index contributed by atoms with van der Waals surface area (Å²) in [6.07, 6.45) is 1.13. The molecule has 0 fully saturated rings. The Morgan fingerprint density at radius 3 is 2.84 bits per heavy atom. The van der Waals surface area contributed by atoms with Crippen LogP contribution in [-0.2, 0) is 21.2 Å². The van der Waals surface area contributed by atoms with Crippen LogP contribution in [-0.4, -0.2) is 26.1 Å². The average Bonchev–Trinajstić information content (AvgIpc) is 2.80. The zero-order valence-electron chi connectivity index (χ0n) is 13.7. The molecule has 2 aliphatic rings. The maximum absolute atomic E-state index is 13.3. The molecule has 1 amide bonds. The first-order chi connectivity index (χ1) is 12.0. The van der Waals surface area contributed by atoms with Crippen molar-refractivity contribution in [1.29, 1.82) is 0 Å². The largest absolute Gasteiger partial charge is 0.325 e. The van der Waals surface area contributed by atoms with Crippen LogP contribution >= 0.6 is 11.8 Å². The number of carbonyl (C=O) groups excluding carboxylic acids is 1. The third-order valence-electron chi connectivity index (χ3n) is 4.51. The van der Waals surface area contributed by atoms with E-state index in [0.717, 1.165) is 16.1 Å². The Hall–Kier alpha value is -1.99. The molecule has 0 bridgehead atoms. The van der Waals surface area contributed by atoms with E-state index in [0.29, 0.717) is 24.3 Å². The molecular weight excluding hydrogens is 356 g/mol. The van der Waals surface area contributed by atoms with Gasteiger partial charge in [-0.2, -0.15) is 0 Å². The summed E-state index contributed by atoms with van der Waals surface area (Å²) in [6, 6.07) is 12.5. The summed E-state index contributed by atoms with van der Waals surface area (Å²) in [4.78, 5) is 12.9. The van der Waals surface area contributed by atoms with Gasteiger partial charge >= 0.3 is 0 Å². The second-order valence-corrected chi connectivity index (χ2v) is 9.24. The fourth-order valence-corrected chi connectivity index (χ4v) is 6.03. The molecule has 0 aliphatic carbocycles. The first-order valence-electron chi connectivity index (χ1n) is 8.16. The third-order valence-corrected chi connectivity index (χ3v) is 7.51. The van der Waals surface area contributed by atoms with Crippen molar-refractivity contribution in [2.75, 3.05) is 15.4 Å². The van der Waals surface area contributed by atoms with Gasteiger partial charge in [0.2, 0.25) is 5.91 Å². The van der Waals surface area contributed by atoms with Gasteiger partial charge in [0, 0.05) is 23.1 Å². The number of nitrogens with one attached hydrogen (secondary N) is 1. The predicted octanol–water partition coefficient (Wildman–Crippen LogP) is 3.26. The molecule has 2 aromatic rings. The Labute approximate surface area is 151 Å². The van der Waals surface area contributed by atoms with Gasteiger partial charge < -0.3 is 5.32 Å². The van der Waals surface area contributed by atoms with E-state index in [2.05, 4.69) is 5.32 Å². The SMILES string of the molecule is CC1Cc2ccccc2N1S(=O)(=O)c1ccc2c(c1)NC(=O)CCS2. The maximum atomic E-state index is 13.3. The lowest BCUT2D eigenvalue weighted by Gasteiger charge is -2.25. The molecule has 0 aromatic heterocycles. The minimum atomic E-state index is -3.69. The molecule has 2 heterocycles. The van der Waals surface area contributed by atoms with Crippen LogP contribution in [0, 0.1) is 0 Å². The maximum Gasteiger partial charge on any atom is 0.264 e. The van der Waals surface area contributed by atoms with Gasteiger partial charge in [-0.1, -0.05) is 18.2 Å². The minimum absolute atomic E-state index is 0.0827. The summed E-state index contributed by atoms with van der Waals surface area (Å²) in [6.45, 7) is 1.92. The van der Waals surface area contributed by atoms with E-state index < -0.39 is 10.0 Å². The number of para-hydroxylation sites is 1. The summed E-state index contributed by atoms with van der Waals surface area (Å²) >= 11 is 1.56. The first-order valence-corrected chi connectivity index (χ1v) is 10.6. The standard InChI is InChI=1S/C18H18N2O3S2/c1-12-10-13-4-2-3-5-16(13)20(12)25(22,23)14-6-7-17-15(11-14)19-18(21)8-9-24-17/h2-7,11-12H,8-10H2,1H3,(H,19,21). The van der Waals surface area contributed by atoms with Crippen molar-refractivity contribution >= 4 is 39.1 Å². The van der Waals surface area contributed by atoms with Crippen LogP contribution < -0.4 is 9.62 Å². The molecule has 1 unspecified atom stereocenters. The molecule has 25 heavy (non-hydrogen) atoms. The number of rotatable bonds is 2. The van der Waals surface area contributed by atoms with E-state index in [1.165, 1.54) is 4.31 Å². The molecule has 4 rings (SSSR count). The molecule has 0 saturated carbocycles.